The lowest BCUT2D eigenvalue weighted by atomic mass is 10.1. The molecule has 0 saturated heterocycles. The fourth-order valence-corrected chi connectivity index (χ4v) is 1.96. The van der Waals surface area contributed by atoms with E-state index in [1.807, 2.05) is 34.6 Å². The molecule has 2 rings (SSSR count). The highest BCUT2D eigenvalue weighted by molar-refractivity contribution is 5.83. The van der Waals surface area contributed by atoms with Gasteiger partial charge in [-0.15, -0.1) is 0 Å². The topological polar surface area (TPSA) is 83.1 Å². The molecule has 1 aromatic carbocycles. The summed E-state index contributed by atoms with van der Waals surface area (Å²) in [4.78, 5) is 16.3. The van der Waals surface area contributed by atoms with Crippen LogP contribution in [0.2, 0.25) is 0 Å². The van der Waals surface area contributed by atoms with Crippen LogP contribution in [0.25, 0.3) is 0 Å². The molecule has 0 spiro atoms. The number of rotatable bonds is 6. The Morgan fingerprint density at radius 2 is 1.92 bits per heavy atom. The lowest BCUT2D eigenvalue weighted by Gasteiger charge is -2.20. The normalized spacial score (nSPS) is 13.8. The van der Waals surface area contributed by atoms with Gasteiger partial charge in [-0.3, -0.25) is 4.79 Å². The summed E-state index contributed by atoms with van der Waals surface area (Å²) in [6.45, 7) is 9.14. The predicted molar refractivity (Wildman–Crippen MR) is 94.5 cm³/mol. The van der Waals surface area contributed by atoms with Gasteiger partial charge >= 0.3 is 0 Å². The highest BCUT2D eigenvalue weighted by Gasteiger charge is 2.25. The lowest BCUT2D eigenvalue weighted by Crippen LogP contribution is -2.29. The van der Waals surface area contributed by atoms with Crippen LogP contribution in [0.1, 0.15) is 46.4 Å². The Labute approximate surface area is 147 Å². The molecule has 1 aromatic heterocycles. The van der Waals surface area contributed by atoms with Crippen molar-refractivity contribution in [2.24, 2.45) is 5.92 Å². The molecular weight excluding hydrogens is 320 g/mol. The van der Waals surface area contributed by atoms with Gasteiger partial charge in [-0.2, -0.15) is 5.10 Å². The third-order valence-corrected chi connectivity index (χ3v) is 3.54. The third kappa shape index (κ3) is 4.89. The van der Waals surface area contributed by atoms with Crippen molar-refractivity contribution in [3.05, 3.63) is 47.7 Å². The smallest absolute Gasteiger partial charge is 0.251 e. The summed E-state index contributed by atoms with van der Waals surface area (Å²) in [5.74, 6) is 0.210. The van der Waals surface area contributed by atoms with Gasteiger partial charge in [0, 0.05) is 32.3 Å². The zero-order chi connectivity index (χ0) is 18.6. The second kappa shape index (κ2) is 7.46. The fraction of sp³-hybridized carbons (Fsp3) is 0.444. The largest absolute Gasteiger partial charge is 0.623 e. The molecule has 0 N–H and O–H groups in total. The summed E-state index contributed by atoms with van der Waals surface area (Å²) >= 11 is 0. The molecule has 7 heteroatoms. The molecule has 0 bridgehead atoms. The number of carbonyl (C=O) groups excluding carboxylic acids is 1. The highest BCUT2D eigenvalue weighted by atomic mass is 16.5. The molecule has 0 aliphatic heterocycles. The van der Waals surface area contributed by atoms with Gasteiger partial charge in [-0.05, 0) is 24.3 Å². The van der Waals surface area contributed by atoms with Gasteiger partial charge in [0.05, 0.1) is 0 Å². The van der Waals surface area contributed by atoms with Crippen molar-refractivity contribution in [3.8, 4) is 5.75 Å². The number of aromatic nitrogens is 3. The summed E-state index contributed by atoms with van der Waals surface area (Å²) in [7, 11) is 0. The monoisotopic (exact) mass is 344 g/mol. The van der Waals surface area contributed by atoms with Gasteiger partial charge in [-0.1, -0.05) is 13.8 Å². The molecule has 25 heavy (non-hydrogen) atoms. The number of carbonyl (C=O) groups is 1. The van der Waals surface area contributed by atoms with Gasteiger partial charge in [0.2, 0.25) is 0 Å². The molecule has 0 saturated carbocycles. The number of benzene rings is 1. The predicted octanol–water partition coefficient (Wildman–Crippen LogP) is 2.81. The first-order valence-corrected chi connectivity index (χ1v) is 8.14. The van der Waals surface area contributed by atoms with Gasteiger partial charge in [0.25, 0.3) is 6.23 Å². The number of hydrogen-bond donors (Lipinski definition) is 0. The molecule has 0 amide bonds. The average molecular weight is 344 g/mol. The standard InChI is InChI=1S/C18H24N4O3/c1-13(2)16(23)17(21-12-19-11-20-21)25-15-8-6-14(7-9-15)10-22(24)18(3,4)5/h6-13,17H,1-5H3/b22-10-. The minimum Gasteiger partial charge on any atom is -0.623 e. The first kappa shape index (κ1) is 18.6. The Hall–Kier alpha value is -2.70. The summed E-state index contributed by atoms with van der Waals surface area (Å²) in [5, 5.41) is 16.0. The van der Waals surface area contributed by atoms with Crippen molar-refractivity contribution >= 4 is 12.0 Å². The summed E-state index contributed by atoms with van der Waals surface area (Å²) in [6, 6.07) is 6.98. The van der Waals surface area contributed by atoms with Gasteiger partial charge in [0.15, 0.2) is 17.5 Å². The second-order valence-corrected chi connectivity index (χ2v) is 7.10. The Bertz CT molecular complexity index is 729. The molecule has 0 aliphatic carbocycles. The number of Topliss-reactive ketones (excluding diaryl/α,β-unsaturated/α-hetero) is 1. The van der Waals surface area contributed by atoms with Crippen molar-refractivity contribution in [1.29, 1.82) is 0 Å². The minimum atomic E-state index is -0.872. The van der Waals surface area contributed by atoms with Crippen molar-refractivity contribution < 1.29 is 14.3 Å². The van der Waals surface area contributed by atoms with Crippen molar-refractivity contribution in [2.75, 3.05) is 0 Å². The molecule has 1 unspecified atom stereocenters. The van der Waals surface area contributed by atoms with Gasteiger partial charge in [-0.25, -0.2) is 14.4 Å². The van der Waals surface area contributed by atoms with E-state index in [9.17, 15) is 10.0 Å². The van der Waals surface area contributed by atoms with E-state index in [4.69, 9.17) is 4.74 Å². The zero-order valence-electron chi connectivity index (χ0n) is 15.2. The quantitative estimate of drug-likeness (QED) is 0.348. The second-order valence-electron chi connectivity index (χ2n) is 7.10. The van der Waals surface area contributed by atoms with Crippen LogP contribution < -0.4 is 4.74 Å². The van der Waals surface area contributed by atoms with Crippen LogP contribution in [0.5, 0.6) is 5.75 Å². The Kier molecular flexibility index (Phi) is 5.56. The molecule has 0 aliphatic rings. The minimum absolute atomic E-state index is 0.0976. The van der Waals surface area contributed by atoms with E-state index in [2.05, 4.69) is 10.1 Å². The lowest BCUT2D eigenvalue weighted by molar-refractivity contribution is -0.530. The molecule has 2 aromatic rings. The fourth-order valence-electron chi connectivity index (χ4n) is 1.96. The summed E-state index contributed by atoms with van der Waals surface area (Å²) in [5.41, 5.74) is 0.251. The van der Waals surface area contributed by atoms with Crippen LogP contribution >= 0.6 is 0 Å². The van der Waals surface area contributed by atoms with Crippen LogP contribution in [0.3, 0.4) is 0 Å². The molecule has 7 nitrogen and oxygen atoms in total. The molecular formula is C18H24N4O3. The Morgan fingerprint density at radius 1 is 1.28 bits per heavy atom. The van der Waals surface area contributed by atoms with Crippen LogP contribution in [-0.4, -0.2) is 37.0 Å². The average Bonchev–Trinajstić information content (AvgIpc) is 3.06. The SMILES string of the molecule is CC(C)C(=O)C(Oc1ccc(/C=[N+](\[O-])C(C)(C)C)cc1)n1cncn1. The van der Waals surface area contributed by atoms with E-state index >= 15 is 0 Å². The van der Waals surface area contributed by atoms with Crippen LogP contribution in [-0.2, 0) is 4.79 Å². The van der Waals surface area contributed by atoms with Crippen LogP contribution in [0, 0.1) is 11.1 Å². The molecule has 1 heterocycles. The number of hydrogen-bond acceptors (Lipinski definition) is 5. The van der Waals surface area contributed by atoms with E-state index in [1.165, 1.54) is 23.6 Å². The first-order valence-electron chi connectivity index (χ1n) is 8.14. The number of hydroxylamine groups is 1. The van der Waals surface area contributed by atoms with Gasteiger partial charge in [0.1, 0.15) is 18.4 Å². The Balaban J connectivity index is 2.19. The maximum atomic E-state index is 12.4. The molecule has 1 atom stereocenters. The van der Waals surface area contributed by atoms with Crippen LogP contribution in [0.4, 0.5) is 0 Å². The molecule has 0 radical (unpaired) electrons. The maximum Gasteiger partial charge on any atom is 0.251 e. The van der Waals surface area contributed by atoms with E-state index in [1.54, 1.807) is 24.3 Å². The summed E-state index contributed by atoms with van der Waals surface area (Å²) < 4.78 is 8.11. The van der Waals surface area contributed by atoms with Crippen molar-refractivity contribution in [3.63, 3.8) is 0 Å². The van der Waals surface area contributed by atoms with E-state index in [-0.39, 0.29) is 11.7 Å². The number of ether oxygens (including phenoxy) is 1. The maximum absolute atomic E-state index is 12.4. The first-order chi connectivity index (χ1) is 11.7. The van der Waals surface area contributed by atoms with Gasteiger partial charge < -0.3 is 9.94 Å². The highest BCUT2D eigenvalue weighted by Crippen LogP contribution is 2.20. The number of ketones is 1. The van der Waals surface area contributed by atoms with E-state index in [0.29, 0.717) is 5.75 Å². The van der Waals surface area contributed by atoms with Crippen molar-refractivity contribution in [1.82, 2.24) is 14.8 Å². The van der Waals surface area contributed by atoms with E-state index in [0.717, 1.165) is 10.3 Å². The number of nitrogens with zero attached hydrogens (tertiary/aromatic N) is 4. The zero-order valence-corrected chi connectivity index (χ0v) is 15.2. The van der Waals surface area contributed by atoms with E-state index < -0.39 is 11.8 Å². The van der Waals surface area contributed by atoms with Crippen LogP contribution in [0.15, 0.2) is 36.9 Å². The molecule has 134 valence electrons. The van der Waals surface area contributed by atoms with Crippen molar-refractivity contribution in [2.45, 2.75) is 46.4 Å². The molecule has 0 fully saturated rings. The third-order valence-electron chi connectivity index (χ3n) is 3.54. The summed E-state index contributed by atoms with van der Waals surface area (Å²) in [6.07, 6.45) is 3.46. The Morgan fingerprint density at radius 3 is 2.40 bits per heavy atom.